The van der Waals surface area contributed by atoms with Crippen molar-refractivity contribution in [2.45, 2.75) is 27.7 Å². The highest BCUT2D eigenvalue weighted by molar-refractivity contribution is 5.36. The Morgan fingerprint density at radius 1 is 0.857 bits per heavy atom. The predicted molar refractivity (Wildman–Crippen MR) is 59.7 cm³/mol. The molecule has 0 aromatic rings. The van der Waals surface area contributed by atoms with E-state index in [0.29, 0.717) is 0 Å². The third kappa shape index (κ3) is 1.33. The van der Waals surface area contributed by atoms with Gasteiger partial charge < -0.3 is 10.6 Å². The van der Waals surface area contributed by atoms with Gasteiger partial charge in [-0.25, -0.2) is 0 Å². The molecule has 0 atom stereocenters. The van der Waals surface area contributed by atoms with Gasteiger partial charge in [-0.15, -0.1) is 0 Å². The summed E-state index contributed by atoms with van der Waals surface area (Å²) < 4.78 is 0. The van der Waals surface area contributed by atoms with E-state index >= 15 is 0 Å². The van der Waals surface area contributed by atoms with Crippen molar-refractivity contribution in [2.24, 2.45) is 10.8 Å². The van der Waals surface area contributed by atoms with E-state index in [0.717, 1.165) is 13.1 Å². The lowest BCUT2D eigenvalue weighted by atomic mass is 9.73. The maximum absolute atomic E-state index is 3.53. The van der Waals surface area contributed by atoms with Crippen LogP contribution in [0.15, 0.2) is 23.5 Å². The van der Waals surface area contributed by atoms with Crippen LogP contribution in [0.3, 0.4) is 0 Å². The van der Waals surface area contributed by atoms with Crippen molar-refractivity contribution in [3.63, 3.8) is 0 Å². The van der Waals surface area contributed by atoms with E-state index in [1.165, 1.54) is 11.4 Å². The molecule has 78 valence electrons. The van der Waals surface area contributed by atoms with Gasteiger partial charge >= 0.3 is 0 Å². The zero-order valence-electron chi connectivity index (χ0n) is 9.57. The highest BCUT2D eigenvalue weighted by atomic mass is 15.1. The zero-order valence-corrected chi connectivity index (χ0v) is 9.57. The lowest BCUT2D eigenvalue weighted by Gasteiger charge is -2.42. The molecule has 0 saturated carbocycles. The van der Waals surface area contributed by atoms with Crippen molar-refractivity contribution in [1.82, 2.24) is 10.6 Å². The molecule has 0 aromatic carbocycles. The standard InChI is InChI=1S/C12H20N2/c1-11(2)5-6-12(3,4)10-9(11)13-7-8-14-10/h5-6,13-14H,7-8H2,1-4H3. The van der Waals surface area contributed by atoms with Crippen molar-refractivity contribution in [2.75, 3.05) is 13.1 Å². The molecule has 1 heterocycles. The van der Waals surface area contributed by atoms with Crippen molar-refractivity contribution < 1.29 is 0 Å². The van der Waals surface area contributed by atoms with Crippen LogP contribution in [0.5, 0.6) is 0 Å². The maximum Gasteiger partial charge on any atom is 0.0404 e. The van der Waals surface area contributed by atoms with Crippen LogP contribution in [0, 0.1) is 10.8 Å². The minimum atomic E-state index is 0.151. The van der Waals surface area contributed by atoms with Crippen molar-refractivity contribution in [3.05, 3.63) is 23.5 Å². The molecule has 14 heavy (non-hydrogen) atoms. The van der Waals surface area contributed by atoms with Gasteiger partial charge in [-0.1, -0.05) is 39.8 Å². The second-order valence-electron chi connectivity index (χ2n) is 5.38. The first-order valence-corrected chi connectivity index (χ1v) is 5.37. The van der Waals surface area contributed by atoms with E-state index < -0.39 is 0 Å². The molecule has 2 N–H and O–H groups in total. The molecule has 2 rings (SSSR count). The minimum absolute atomic E-state index is 0.151. The molecular weight excluding hydrogens is 172 g/mol. The molecule has 0 unspecified atom stereocenters. The first kappa shape index (κ1) is 9.63. The van der Waals surface area contributed by atoms with E-state index in [2.05, 4.69) is 50.5 Å². The van der Waals surface area contributed by atoms with E-state index in [-0.39, 0.29) is 10.8 Å². The Balaban J connectivity index is 2.48. The van der Waals surface area contributed by atoms with Crippen LogP contribution in [0.1, 0.15) is 27.7 Å². The Morgan fingerprint density at radius 3 is 1.57 bits per heavy atom. The van der Waals surface area contributed by atoms with E-state index in [1.807, 2.05) is 0 Å². The van der Waals surface area contributed by atoms with Gasteiger partial charge in [0.05, 0.1) is 0 Å². The highest BCUT2D eigenvalue weighted by Gasteiger charge is 2.36. The van der Waals surface area contributed by atoms with Gasteiger partial charge in [0.25, 0.3) is 0 Å². The topological polar surface area (TPSA) is 24.1 Å². The normalized spacial score (nSPS) is 27.7. The second kappa shape index (κ2) is 2.78. The average molecular weight is 192 g/mol. The fraction of sp³-hybridized carbons (Fsp3) is 0.667. The van der Waals surface area contributed by atoms with Gasteiger partial charge in [-0.3, -0.25) is 0 Å². The minimum Gasteiger partial charge on any atom is -0.384 e. The van der Waals surface area contributed by atoms with Gasteiger partial charge in [0.2, 0.25) is 0 Å². The third-order valence-electron chi connectivity index (χ3n) is 3.18. The smallest absolute Gasteiger partial charge is 0.0404 e. The van der Waals surface area contributed by atoms with Gasteiger partial charge in [0.1, 0.15) is 0 Å². The molecule has 0 aromatic heterocycles. The van der Waals surface area contributed by atoms with Crippen molar-refractivity contribution in [3.8, 4) is 0 Å². The van der Waals surface area contributed by atoms with Gasteiger partial charge in [-0.05, 0) is 0 Å². The summed E-state index contributed by atoms with van der Waals surface area (Å²) in [5.41, 5.74) is 3.05. The fourth-order valence-electron chi connectivity index (χ4n) is 2.24. The monoisotopic (exact) mass is 192 g/mol. The summed E-state index contributed by atoms with van der Waals surface area (Å²) in [6.45, 7) is 11.1. The summed E-state index contributed by atoms with van der Waals surface area (Å²) in [6.07, 6.45) is 4.62. The molecule has 2 nitrogen and oxygen atoms in total. The number of rotatable bonds is 0. The average Bonchev–Trinajstić information content (AvgIpc) is 2.14. The van der Waals surface area contributed by atoms with Crippen molar-refractivity contribution >= 4 is 0 Å². The summed E-state index contributed by atoms with van der Waals surface area (Å²) in [4.78, 5) is 0. The summed E-state index contributed by atoms with van der Waals surface area (Å²) in [6, 6.07) is 0. The molecular formula is C12H20N2. The predicted octanol–water partition coefficient (Wildman–Crippen LogP) is 2.01. The molecule has 0 saturated heterocycles. The van der Waals surface area contributed by atoms with Crippen LogP contribution in [0.25, 0.3) is 0 Å². The quantitative estimate of drug-likeness (QED) is 0.574. The summed E-state index contributed by atoms with van der Waals surface area (Å²) in [5.74, 6) is 0. The lowest BCUT2D eigenvalue weighted by molar-refractivity contribution is 0.391. The summed E-state index contributed by atoms with van der Waals surface area (Å²) >= 11 is 0. The molecule has 0 spiro atoms. The summed E-state index contributed by atoms with van der Waals surface area (Å²) in [7, 11) is 0. The van der Waals surface area contributed by atoms with Crippen LogP contribution >= 0.6 is 0 Å². The summed E-state index contributed by atoms with van der Waals surface area (Å²) in [5, 5.41) is 7.07. The van der Waals surface area contributed by atoms with Gasteiger partial charge in [-0.2, -0.15) is 0 Å². The van der Waals surface area contributed by atoms with Gasteiger partial charge in [0, 0.05) is 35.3 Å². The van der Waals surface area contributed by atoms with Crippen LogP contribution in [0.2, 0.25) is 0 Å². The molecule has 1 aliphatic carbocycles. The largest absolute Gasteiger partial charge is 0.384 e. The Labute approximate surface area is 86.5 Å². The Bertz CT molecular complexity index is 278. The number of allylic oxidation sites excluding steroid dienone is 2. The van der Waals surface area contributed by atoms with Crippen LogP contribution in [-0.2, 0) is 0 Å². The third-order valence-corrected chi connectivity index (χ3v) is 3.18. The Morgan fingerprint density at radius 2 is 1.21 bits per heavy atom. The zero-order chi connectivity index (χ0) is 10.4. The first-order chi connectivity index (χ1) is 6.43. The van der Waals surface area contributed by atoms with Crippen LogP contribution < -0.4 is 10.6 Å². The van der Waals surface area contributed by atoms with E-state index in [9.17, 15) is 0 Å². The fourth-order valence-corrected chi connectivity index (χ4v) is 2.24. The molecule has 2 heteroatoms. The SMILES string of the molecule is CC1(C)C=CC(C)(C)C2=C1NCCN2. The van der Waals surface area contributed by atoms with E-state index in [4.69, 9.17) is 0 Å². The molecule has 0 amide bonds. The number of hydrogen-bond acceptors (Lipinski definition) is 2. The molecule has 2 aliphatic rings. The van der Waals surface area contributed by atoms with Gasteiger partial charge in [0.15, 0.2) is 0 Å². The second-order valence-corrected chi connectivity index (χ2v) is 5.38. The molecule has 0 fully saturated rings. The van der Waals surface area contributed by atoms with Crippen LogP contribution in [0.4, 0.5) is 0 Å². The van der Waals surface area contributed by atoms with Crippen LogP contribution in [-0.4, -0.2) is 13.1 Å². The number of hydrogen-bond donors (Lipinski definition) is 2. The number of nitrogens with one attached hydrogen (secondary N) is 2. The Hall–Kier alpha value is -0.920. The molecule has 0 radical (unpaired) electrons. The first-order valence-electron chi connectivity index (χ1n) is 5.37. The van der Waals surface area contributed by atoms with Crippen molar-refractivity contribution in [1.29, 1.82) is 0 Å². The van der Waals surface area contributed by atoms with E-state index in [1.54, 1.807) is 0 Å². The lowest BCUT2D eigenvalue weighted by Crippen LogP contribution is -2.46. The maximum atomic E-state index is 3.53. The highest BCUT2D eigenvalue weighted by Crippen LogP contribution is 2.41. The molecule has 0 bridgehead atoms. The molecule has 1 aliphatic heterocycles. The Kier molecular flexibility index (Phi) is 1.91.